The Morgan fingerprint density at radius 3 is 2.54 bits per heavy atom. The van der Waals surface area contributed by atoms with E-state index in [1.807, 2.05) is 0 Å². The van der Waals surface area contributed by atoms with Crippen molar-refractivity contribution in [2.24, 2.45) is 0 Å². The minimum Gasteiger partial charge on any atom is -0.257 e. The maximum atomic E-state index is 4.63. The third kappa shape index (κ3) is 2.53. The molecule has 0 atom stereocenters. The van der Waals surface area contributed by atoms with Gasteiger partial charge in [-0.15, -0.1) is 0 Å². The molecule has 1 heterocycles. The Bertz CT molecular complexity index is 281. The molecule has 0 saturated heterocycles. The normalized spacial score (nSPS) is 10.8. The van der Waals surface area contributed by atoms with Crippen LogP contribution in [0.5, 0.6) is 0 Å². The molecule has 0 unspecified atom stereocenters. The van der Waals surface area contributed by atoms with Crippen molar-refractivity contribution in [3.63, 3.8) is 0 Å². The van der Waals surface area contributed by atoms with Crippen LogP contribution in [0.25, 0.3) is 0 Å². The molecule has 0 aliphatic carbocycles. The summed E-state index contributed by atoms with van der Waals surface area (Å²) in [7, 11) is 0. The first-order chi connectivity index (χ1) is 6.19. The van der Waals surface area contributed by atoms with E-state index in [1.165, 1.54) is 17.0 Å². The van der Waals surface area contributed by atoms with E-state index in [1.54, 1.807) is 0 Å². The van der Waals surface area contributed by atoms with Gasteiger partial charge in [0.1, 0.15) is 0 Å². The van der Waals surface area contributed by atoms with Gasteiger partial charge in [0, 0.05) is 16.7 Å². The van der Waals surface area contributed by atoms with Crippen LogP contribution in [0.1, 0.15) is 43.6 Å². The summed E-state index contributed by atoms with van der Waals surface area (Å²) in [5.74, 6) is 0.513. The van der Waals surface area contributed by atoms with E-state index in [-0.39, 0.29) is 0 Å². The van der Waals surface area contributed by atoms with Crippen molar-refractivity contribution >= 4 is 15.9 Å². The van der Waals surface area contributed by atoms with Crippen molar-refractivity contribution in [1.29, 1.82) is 0 Å². The van der Waals surface area contributed by atoms with Gasteiger partial charge in [0.2, 0.25) is 0 Å². The Balaban J connectivity index is 3.10. The van der Waals surface area contributed by atoms with Crippen LogP contribution in [0.2, 0.25) is 0 Å². The van der Waals surface area contributed by atoms with Crippen molar-refractivity contribution in [3.8, 4) is 0 Å². The number of pyridine rings is 1. The monoisotopic (exact) mass is 241 g/mol. The first-order valence-electron chi connectivity index (χ1n) is 4.73. The number of nitrogens with zero attached hydrogens (tertiary/aromatic N) is 1. The smallest absolute Gasteiger partial charge is 0.0472 e. The number of hydrogen-bond acceptors (Lipinski definition) is 1. The van der Waals surface area contributed by atoms with Gasteiger partial charge in [0.05, 0.1) is 0 Å². The van der Waals surface area contributed by atoms with E-state index in [0.717, 1.165) is 11.8 Å². The molecule has 0 spiro atoms. The lowest BCUT2D eigenvalue weighted by Gasteiger charge is -2.10. The highest BCUT2D eigenvalue weighted by atomic mass is 79.9. The van der Waals surface area contributed by atoms with Crippen LogP contribution >= 0.6 is 15.9 Å². The first-order valence-corrected chi connectivity index (χ1v) is 5.85. The third-order valence-electron chi connectivity index (χ3n) is 2.12. The highest BCUT2D eigenvalue weighted by molar-refractivity contribution is 9.08. The molecule has 1 nitrogen and oxygen atoms in total. The number of aryl methyl sites for hydroxylation is 1. The maximum Gasteiger partial charge on any atom is 0.0472 e. The first kappa shape index (κ1) is 10.7. The van der Waals surface area contributed by atoms with E-state index >= 15 is 0 Å². The zero-order valence-corrected chi connectivity index (χ0v) is 10.1. The molecule has 0 bridgehead atoms. The van der Waals surface area contributed by atoms with E-state index < -0.39 is 0 Å². The lowest BCUT2D eigenvalue weighted by Crippen LogP contribution is -2.01. The van der Waals surface area contributed by atoms with Crippen LogP contribution in [0, 0.1) is 0 Å². The summed E-state index contributed by atoms with van der Waals surface area (Å²) >= 11 is 3.48. The second-order valence-electron chi connectivity index (χ2n) is 3.49. The van der Waals surface area contributed by atoms with Crippen LogP contribution in [0.15, 0.2) is 12.1 Å². The standard InChI is InChI=1S/C11H16BrN/c1-4-10-6-5-9(7-12)11(13-10)8(2)3/h5-6,8H,4,7H2,1-3H3. The second kappa shape index (κ2) is 4.75. The van der Waals surface area contributed by atoms with Crippen LogP contribution in [0.3, 0.4) is 0 Å². The largest absolute Gasteiger partial charge is 0.257 e. The molecule has 2 heteroatoms. The number of rotatable bonds is 3. The zero-order valence-electron chi connectivity index (χ0n) is 8.47. The Morgan fingerprint density at radius 1 is 1.38 bits per heavy atom. The topological polar surface area (TPSA) is 12.9 Å². The summed E-state index contributed by atoms with van der Waals surface area (Å²) in [5.41, 5.74) is 3.73. The van der Waals surface area contributed by atoms with Crippen LogP contribution in [-0.4, -0.2) is 4.98 Å². The van der Waals surface area contributed by atoms with E-state index in [9.17, 15) is 0 Å². The molecule has 0 fully saturated rings. The minimum atomic E-state index is 0.513. The van der Waals surface area contributed by atoms with Crippen molar-refractivity contribution in [3.05, 3.63) is 29.1 Å². The van der Waals surface area contributed by atoms with Crippen molar-refractivity contribution in [1.82, 2.24) is 4.98 Å². The average Bonchev–Trinajstić information content (AvgIpc) is 2.16. The highest BCUT2D eigenvalue weighted by Crippen LogP contribution is 2.20. The van der Waals surface area contributed by atoms with Gasteiger partial charge in [-0.05, 0) is 24.0 Å². The zero-order chi connectivity index (χ0) is 9.84. The van der Waals surface area contributed by atoms with Gasteiger partial charge < -0.3 is 0 Å². The number of hydrogen-bond donors (Lipinski definition) is 0. The molecule has 0 N–H and O–H groups in total. The molecule has 0 amide bonds. The SMILES string of the molecule is CCc1ccc(CBr)c(C(C)C)n1. The van der Waals surface area contributed by atoms with E-state index in [0.29, 0.717) is 5.92 Å². The fourth-order valence-corrected chi connectivity index (χ4v) is 1.83. The molecule has 1 rings (SSSR count). The third-order valence-corrected chi connectivity index (χ3v) is 2.73. The molecule has 0 saturated carbocycles. The van der Waals surface area contributed by atoms with Crippen molar-refractivity contribution in [2.75, 3.05) is 0 Å². The van der Waals surface area contributed by atoms with Gasteiger partial charge in [0.25, 0.3) is 0 Å². The minimum absolute atomic E-state index is 0.513. The van der Waals surface area contributed by atoms with Gasteiger partial charge in [-0.2, -0.15) is 0 Å². The Kier molecular flexibility index (Phi) is 3.91. The van der Waals surface area contributed by atoms with Crippen LogP contribution in [0.4, 0.5) is 0 Å². The summed E-state index contributed by atoms with van der Waals surface area (Å²) in [4.78, 5) is 4.63. The Hall–Kier alpha value is -0.370. The van der Waals surface area contributed by atoms with E-state index in [2.05, 4.69) is 53.8 Å². The fourth-order valence-electron chi connectivity index (χ4n) is 1.36. The predicted molar refractivity (Wildman–Crippen MR) is 60.3 cm³/mol. The molecular weight excluding hydrogens is 226 g/mol. The highest BCUT2D eigenvalue weighted by Gasteiger charge is 2.07. The predicted octanol–water partition coefficient (Wildman–Crippen LogP) is 3.66. The van der Waals surface area contributed by atoms with Gasteiger partial charge in [-0.3, -0.25) is 4.98 Å². The lowest BCUT2D eigenvalue weighted by molar-refractivity contribution is 0.794. The summed E-state index contributed by atoms with van der Waals surface area (Å²) in [5, 5.41) is 0.900. The Labute approximate surface area is 88.7 Å². The van der Waals surface area contributed by atoms with Gasteiger partial charge in [-0.25, -0.2) is 0 Å². The quantitative estimate of drug-likeness (QED) is 0.737. The van der Waals surface area contributed by atoms with Crippen LogP contribution in [-0.2, 0) is 11.8 Å². The number of aromatic nitrogens is 1. The Morgan fingerprint density at radius 2 is 2.08 bits per heavy atom. The number of halogens is 1. The molecular formula is C11H16BrN. The maximum absolute atomic E-state index is 4.63. The van der Waals surface area contributed by atoms with Gasteiger partial charge in [0.15, 0.2) is 0 Å². The molecule has 1 aromatic heterocycles. The summed E-state index contributed by atoms with van der Waals surface area (Å²) < 4.78 is 0. The lowest BCUT2D eigenvalue weighted by atomic mass is 10.0. The molecule has 0 aliphatic rings. The van der Waals surface area contributed by atoms with Gasteiger partial charge in [-0.1, -0.05) is 42.8 Å². The average molecular weight is 242 g/mol. The second-order valence-corrected chi connectivity index (χ2v) is 4.05. The van der Waals surface area contributed by atoms with E-state index in [4.69, 9.17) is 0 Å². The van der Waals surface area contributed by atoms with Crippen LogP contribution < -0.4 is 0 Å². The summed E-state index contributed by atoms with van der Waals surface area (Å²) in [6, 6.07) is 4.29. The molecule has 0 radical (unpaired) electrons. The molecule has 72 valence electrons. The van der Waals surface area contributed by atoms with Gasteiger partial charge >= 0.3 is 0 Å². The fraction of sp³-hybridized carbons (Fsp3) is 0.545. The van der Waals surface area contributed by atoms with Crippen molar-refractivity contribution in [2.45, 2.75) is 38.4 Å². The summed E-state index contributed by atoms with van der Waals surface area (Å²) in [6.45, 7) is 6.52. The molecule has 0 aromatic carbocycles. The molecule has 13 heavy (non-hydrogen) atoms. The summed E-state index contributed by atoms with van der Waals surface area (Å²) in [6.07, 6.45) is 1.02. The molecule has 1 aromatic rings. The number of alkyl halides is 1. The van der Waals surface area contributed by atoms with Crippen molar-refractivity contribution < 1.29 is 0 Å². The molecule has 0 aliphatic heterocycles.